The Morgan fingerprint density at radius 1 is 1.28 bits per heavy atom. The number of carbonyl (C=O) groups excluding carboxylic acids is 1. The lowest BCUT2D eigenvalue weighted by atomic mass is 10.0. The molecule has 1 aliphatic rings. The third-order valence-corrected chi connectivity index (χ3v) is 5.51. The SMILES string of the molecule is CCOCCCN1C(=O)c2oc3cc(C)c(Cl)cc3c(=O)c2C1c1ccccn1. The van der Waals surface area contributed by atoms with Crippen LogP contribution in [0.5, 0.6) is 0 Å². The molecule has 1 amide bonds. The molecule has 1 aliphatic heterocycles. The number of hydrogen-bond donors (Lipinski definition) is 0. The predicted molar refractivity (Wildman–Crippen MR) is 110 cm³/mol. The third-order valence-electron chi connectivity index (χ3n) is 5.11. The second-order valence-electron chi connectivity index (χ2n) is 6.98. The summed E-state index contributed by atoms with van der Waals surface area (Å²) in [5.74, 6) is -0.227. The summed E-state index contributed by atoms with van der Waals surface area (Å²) in [7, 11) is 0. The van der Waals surface area contributed by atoms with Gasteiger partial charge < -0.3 is 14.1 Å². The van der Waals surface area contributed by atoms with Crippen molar-refractivity contribution >= 4 is 28.5 Å². The van der Waals surface area contributed by atoms with Gasteiger partial charge in [-0.05, 0) is 50.1 Å². The second kappa shape index (κ2) is 7.97. The summed E-state index contributed by atoms with van der Waals surface area (Å²) in [6.07, 6.45) is 2.30. The van der Waals surface area contributed by atoms with E-state index in [4.69, 9.17) is 20.8 Å². The fourth-order valence-corrected chi connectivity index (χ4v) is 3.86. The van der Waals surface area contributed by atoms with Crippen molar-refractivity contribution in [1.29, 1.82) is 0 Å². The van der Waals surface area contributed by atoms with E-state index in [-0.39, 0.29) is 17.1 Å². The van der Waals surface area contributed by atoms with Crippen molar-refractivity contribution in [2.75, 3.05) is 19.8 Å². The van der Waals surface area contributed by atoms with Crippen LogP contribution in [0.2, 0.25) is 5.02 Å². The predicted octanol–water partition coefficient (Wildman–Crippen LogP) is 4.12. The van der Waals surface area contributed by atoms with Gasteiger partial charge in [-0.2, -0.15) is 0 Å². The lowest BCUT2D eigenvalue weighted by Crippen LogP contribution is -2.31. The normalized spacial score (nSPS) is 15.9. The average Bonchev–Trinajstić information content (AvgIpc) is 3.00. The van der Waals surface area contributed by atoms with Crippen LogP contribution >= 0.6 is 11.6 Å². The molecule has 0 radical (unpaired) electrons. The van der Waals surface area contributed by atoms with Gasteiger partial charge in [0.1, 0.15) is 11.6 Å². The fraction of sp³-hybridized carbons (Fsp3) is 0.318. The van der Waals surface area contributed by atoms with Crippen molar-refractivity contribution in [3.63, 3.8) is 0 Å². The van der Waals surface area contributed by atoms with E-state index >= 15 is 0 Å². The Morgan fingerprint density at radius 3 is 2.83 bits per heavy atom. The smallest absolute Gasteiger partial charge is 0.290 e. The molecule has 3 heterocycles. The van der Waals surface area contributed by atoms with Crippen molar-refractivity contribution < 1.29 is 13.9 Å². The number of pyridine rings is 1. The van der Waals surface area contributed by atoms with Crippen LogP contribution in [0.1, 0.15) is 46.8 Å². The molecule has 7 heteroatoms. The van der Waals surface area contributed by atoms with Crippen molar-refractivity contribution in [2.24, 2.45) is 0 Å². The first-order valence-electron chi connectivity index (χ1n) is 9.59. The highest BCUT2D eigenvalue weighted by molar-refractivity contribution is 6.32. The highest BCUT2D eigenvalue weighted by Gasteiger charge is 2.43. The molecular weight excluding hydrogens is 392 g/mol. The molecule has 1 atom stereocenters. The number of rotatable bonds is 6. The van der Waals surface area contributed by atoms with E-state index in [0.29, 0.717) is 53.4 Å². The number of ether oxygens (including phenoxy) is 1. The summed E-state index contributed by atoms with van der Waals surface area (Å²) >= 11 is 6.24. The first-order valence-corrected chi connectivity index (χ1v) is 9.97. The van der Waals surface area contributed by atoms with Gasteiger partial charge in [0.2, 0.25) is 5.76 Å². The molecule has 6 nitrogen and oxygen atoms in total. The molecular formula is C22H21ClN2O4. The average molecular weight is 413 g/mol. The van der Waals surface area contributed by atoms with Crippen LogP contribution in [-0.4, -0.2) is 35.5 Å². The number of amides is 1. The largest absolute Gasteiger partial charge is 0.450 e. The van der Waals surface area contributed by atoms with Gasteiger partial charge in [-0.15, -0.1) is 0 Å². The Balaban J connectivity index is 1.87. The maximum Gasteiger partial charge on any atom is 0.290 e. The van der Waals surface area contributed by atoms with Crippen LogP contribution in [-0.2, 0) is 4.74 Å². The van der Waals surface area contributed by atoms with E-state index in [1.807, 2.05) is 26.0 Å². The number of halogens is 1. The Labute approximate surface area is 173 Å². The molecule has 0 saturated carbocycles. The van der Waals surface area contributed by atoms with Gasteiger partial charge in [-0.25, -0.2) is 0 Å². The van der Waals surface area contributed by atoms with E-state index in [2.05, 4.69) is 4.98 Å². The summed E-state index contributed by atoms with van der Waals surface area (Å²) in [5, 5.41) is 0.848. The minimum absolute atomic E-state index is 0.0799. The van der Waals surface area contributed by atoms with Crippen molar-refractivity contribution in [1.82, 2.24) is 9.88 Å². The van der Waals surface area contributed by atoms with Gasteiger partial charge >= 0.3 is 0 Å². The van der Waals surface area contributed by atoms with Gasteiger partial charge in [0.05, 0.1) is 16.6 Å². The zero-order valence-corrected chi connectivity index (χ0v) is 17.0. The van der Waals surface area contributed by atoms with E-state index in [1.54, 1.807) is 29.3 Å². The summed E-state index contributed by atoms with van der Waals surface area (Å²) in [6.45, 7) is 5.33. The molecule has 1 unspecified atom stereocenters. The van der Waals surface area contributed by atoms with Gasteiger partial charge in [0.25, 0.3) is 5.91 Å². The molecule has 0 aliphatic carbocycles. The Morgan fingerprint density at radius 2 is 2.10 bits per heavy atom. The van der Waals surface area contributed by atoms with Crippen LogP contribution in [0.25, 0.3) is 11.0 Å². The number of aromatic nitrogens is 1. The summed E-state index contributed by atoms with van der Waals surface area (Å²) in [6, 6.07) is 8.16. The molecule has 2 aromatic heterocycles. The molecule has 150 valence electrons. The molecule has 0 saturated heterocycles. The third kappa shape index (κ3) is 3.43. The number of carbonyl (C=O) groups is 1. The second-order valence-corrected chi connectivity index (χ2v) is 7.38. The monoisotopic (exact) mass is 412 g/mol. The maximum atomic E-state index is 13.4. The minimum Gasteiger partial charge on any atom is -0.450 e. The minimum atomic E-state index is -0.596. The number of benzene rings is 1. The lowest BCUT2D eigenvalue weighted by Gasteiger charge is -2.24. The summed E-state index contributed by atoms with van der Waals surface area (Å²) in [5.41, 5.74) is 1.83. The molecule has 1 aromatic carbocycles. The topological polar surface area (TPSA) is 72.6 Å². The van der Waals surface area contributed by atoms with Crippen molar-refractivity contribution in [3.05, 3.63) is 74.4 Å². The van der Waals surface area contributed by atoms with Gasteiger partial charge in [0.15, 0.2) is 5.43 Å². The maximum absolute atomic E-state index is 13.4. The van der Waals surface area contributed by atoms with Gasteiger partial charge in [-0.1, -0.05) is 17.7 Å². The standard InChI is InChI=1S/C22H21ClN2O4/c1-3-28-10-6-9-25-19(16-7-4-5-8-24-16)18-20(26)14-12-15(23)13(2)11-17(14)29-21(18)22(25)27/h4-5,7-8,11-12,19H,3,6,9-10H2,1-2H3. The van der Waals surface area contributed by atoms with Crippen LogP contribution in [0.4, 0.5) is 0 Å². The number of nitrogens with zero attached hydrogens (tertiary/aromatic N) is 2. The van der Waals surface area contributed by atoms with E-state index < -0.39 is 6.04 Å². The highest BCUT2D eigenvalue weighted by atomic mass is 35.5. The van der Waals surface area contributed by atoms with E-state index in [9.17, 15) is 9.59 Å². The van der Waals surface area contributed by atoms with Crippen LogP contribution in [0, 0.1) is 6.92 Å². The summed E-state index contributed by atoms with van der Waals surface area (Å²) in [4.78, 5) is 32.6. The zero-order valence-electron chi connectivity index (χ0n) is 16.3. The molecule has 0 N–H and O–H groups in total. The van der Waals surface area contributed by atoms with Crippen molar-refractivity contribution in [2.45, 2.75) is 26.3 Å². The van der Waals surface area contributed by atoms with Crippen LogP contribution in [0.15, 0.2) is 45.7 Å². The Hall–Kier alpha value is -2.70. The fourth-order valence-electron chi connectivity index (χ4n) is 3.70. The quantitative estimate of drug-likeness (QED) is 0.569. The Bertz CT molecular complexity index is 1130. The van der Waals surface area contributed by atoms with Gasteiger partial charge in [-0.3, -0.25) is 14.6 Å². The van der Waals surface area contributed by atoms with Crippen LogP contribution < -0.4 is 5.43 Å². The number of fused-ring (bicyclic) bond motifs is 2. The molecule has 0 fully saturated rings. The first-order chi connectivity index (χ1) is 14.0. The zero-order chi connectivity index (χ0) is 20.5. The summed E-state index contributed by atoms with van der Waals surface area (Å²) < 4.78 is 11.3. The first kappa shape index (κ1) is 19.6. The number of aryl methyl sites for hydroxylation is 1. The molecule has 0 bridgehead atoms. The molecule has 29 heavy (non-hydrogen) atoms. The van der Waals surface area contributed by atoms with Crippen molar-refractivity contribution in [3.8, 4) is 0 Å². The Kier molecular flexibility index (Phi) is 5.39. The van der Waals surface area contributed by atoms with Crippen LogP contribution in [0.3, 0.4) is 0 Å². The highest BCUT2D eigenvalue weighted by Crippen LogP contribution is 2.37. The van der Waals surface area contributed by atoms with E-state index in [1.165, 1.54) is 0 Å². The lowest BCUT2D eigenvalue weighted by molar-refractivity contribution is 0.0693. The molecule has 0 spiro atoms. The molecule has 4 rings (SSSR count). The number of hydrogen-bond acceptors (Lipinski definition) is 5. The van der Waals surface area contributed by atoms with E-state index in [0.717, 1.165) is 5.56 Å². The van der Waals surface area contributed by atoms with Gasteiger partial charge in [0, 0.05) is 31.0 Å². The molecule has 3 aromatic rings.